The number of hydrogen-bond donors (Lipinski definition) is 0. The summed E-state index contributed by atoms with van der Waals surface area (Å²) < 4.78 is 0. The van der Waals surface area contributed by atoms with Crippen LogP contribution in [0.15, 0.2) is 194 Å². The molecule has 0 radical (unpaired) electrons. The average molecular weight is 1440 g/mol. The van der Waals surface area contributed by atoms with Crippen LogP contribution in [0.1, 0.15) is 335 Å². The molecular weight excluding hydrogens is 1300 g/mol. The lowest BCUT2D eigenvalue weighted by molar-refractivity contribution is 0.125. The molecule has 570 valence electrons. The van der Waals surface area contributed by atoms with E-state index >= 15 is 0 Å². The Morgan fingerprint density at radius 1 is 0.213 bits per heavy atom. The molecular formula is C106H136N2. The summed E-state index contributed by atoms with van der Waals surface area (Å²) in [6.45, 7) is 39.3. The third-order valence-electron chi connectivity index (χ3n) is 30.1. The lowest BCUT2D eigenvalue weighted by Crippen LogP contribution is -2.42. The van der Waals surface area contributed by atoms with Crippen molar-refractivity contribution in [1.29, 1.82) is 0 Å². The van der Waals surface area contributed by atoms with Crippen molar-refractivity contribution in [3.63, 3.8) is 0 Å². The topological polar surface area (TPSA) is 6.48 Å². The summed E-state index contributed by atoms with van der Waals surface area (Å²) in [4.78, 5) is 5.27. The van der Waals surface area contributed by atoms with Crippen LogP contribution in [0.3, 0.4) is 0 Å². The third kappa shape index (κ3) is 14.0. The quantitative estimate of drug-likeness (QED) is 0.0361. The summed E-state index contributed by atoms with van der Waals surface area (Å²) in [6, 6.07) is 78.1. The number of unbranched alkanes of at least 4 members (excludes halogenated alkanes) is 20. The Labute approximate surface area is 656 Å². The molecule has 4 aliphatic rings. The van der Waals surface area contributed by atoms with Gasteiger partial charge in [0.05, 0.1) is 11.4 Å². The Kier molecular flexibility index (Phi) is 23.7. The first-order chi connectivity index (χ1) is 52.0. The van der Waals surface area contributed by atoms with Crippen LogP contribution in [0, 0.1) is 10.8 Å². The highest BCUT2D eigenvalue weighted by atomic mass is 15.2. The van der Waals surface area contributed by atoms with Crippen LogP contribution in [0.2, 0.25) is 0 Å². The Hall–Kier alpha value is -7.42. The van der Waals surface area contributed by atoms with Gasteiger partial charge in [-0.2, -0.15) is 0 Å². The fourth-order valence-electron chi connectivity index (χ4n) is 21.2. The molecule has 4 aliphatic carbocycles. The zero-order valence-electron chi connectivity index (χ0n) is 70.2. The first kappa shape index (κ1) is 78.7. The van der Waals surface area contributed by atoms with Gasteiger partial charge in [-0.15, -0.1) is 0 Å². The number of benzene rings is 9. The van der Waals surface area contributed by atoms with Gasteiger partial charge in [-0.1, -0.05) is 386 Å². The van der Waals surface area contributed by atoms with Gasteiger partial charge in [0, 0.05) is 44.7 Å². The van der Waals surface area contributed by atoms with E-state index in [9.17, 15) is 0 Å². The summed E-state index contributed by atoms with van der Waals surface area (Å²) in [5, 5.41) is 0. The van der Waals surface area contributed by atoms with E-state index < -0.39 is 0 Å². The second kappa shape index (κ2) is 32.5. The maximum Gasteiger partial charge on any atom is 0.0540 e. The number of anilines is 6. The Morgan fingerprint density at radius 3 is 0.833 bits per heavy atom. The van der Waals surface area contributed by atoms with Crippen LogP contribution >= 0.6 is 0 Å². The molecule has 0 bridgehead atoms. The molecule has 9 aromatic rings. The van der Waals surface area contributed by atoms with Crippen molar-refractivity contribution in [2.75, 3.05) is 9.80 Å². The Bertz CT molecular complexity index is 4220. The lowest BCUT2D eigenvalue weighted by atomic mass is 9.59. The minimum Gasteiger partial charge on any atom is -0.310 e. The van der Waals surface area contributed by atoms with E-state index in [4.69, 9.17) is 0 Å². The highest BCUT2D eigenvalue weighted by molar-refractivity contribution is 5.96. The largest absolute Gasteiger partial charge is 0.310 e. The summed E-state index contributed by atoms with van der Waals surface area (Å²) in [6.07, 6.45) is 35.5. The van der Waals surface area contributed by atoms with Crippen LogP contribution in [-0.2, 0) is 32.5 Å². The van der Waals surface area contributed by atoms with E-state index in [0.29, 0.717) is 0 Å². The molecule has 0 heterocycles. The van der Waals surface area contributed by atoms with Crippen LogP contribution in [0.5, 0.6) is 0 Å². The molecule has 0 unspecified atom stereocenters. The Balaban J connectivity index is 1.02. The molecule has 2 nitrogen and oxygen atoms in total. The molecule has 0 spiro atoms. The van der Waals surface area contributed by atoms with Gasteiger partial charge in [0.25, 0.3) is 0 Å². The number of hydrogen-bond acceptors (Lipinski definition) is 2. The van der Waals surface area contributed by atoms with Crippen LogP contribution < -0.4 is 9.80 Å². The lowest BCUT2D eigenvalue weighted by Gasteiger charge is -2.44. The molecule has 0 aromatic heterocycles. The zero-order valence-corrected chi connectivity index (χ0v) is 70.2. The molecule has 0 saturated carbocycles. The zero-order chi connectivity index (χ0) is 76.3. The molecule has 0 atom stereocenters. The molecule has 2 heteroatoms. The highest BCUT2D eigenvalue weighted by Crippen LogP contribution is 2.66. The molecule has 0 aliphatic heterocycles. The van der Waals surface area contributed by atoms with Gasteiger partial charge >= 0.3 is 0 Å². The fraction of sp³-hybridized carbons (Fsp3) is 0.491. The maximum atomic E-state index is 2.88. The molecule has 108 heavy (non-hydrogen) atoms. The third-order valence-corrected chi connectivity index (χ3v) is 30.1. The number of para-hydroxylation sites is 4. The van der Waals surface area contributed by atoms with Crippen LogP contribution in [0.25, 0.3) is 44.5 Å². The van der Waals surface area contributed by atoms with Crippen molar-refractivity contribution in [2.45, 2.75) is 323 Å². The van der Waals surface area contributed by atoms with E-state index in [2.05, 4.69) is 315 Å². The van der Waals surface area contributed by atoms with Gasteiger partial charge in [0.2, 0.25) is 0 Å². The van der Waals surface area contributed by atoms with Gasteiger partial charge in [-0.3, -0.25) is 0 Å². The van der Waals surface area contributed by atoms with Crippen molar-refractivity contribution in [3.05, 3.63) is 239 Å². The summed E-state index contributed by atoms with van der Waals surface area (Å²) in [7, 11) is 0. The molecule has 0 amide bonds. The van der Waals surface area contributed by atoms with Gasteiger partial charge < -0.3 is 9.80 Å². The first-order valence-electron chi connectivity index (χ1n) is 43.7. The second-order valence-corrected chi connectivity index (χ2v) is 37.3. The summed E-state index contributed by atoms with van der Waals surface area (Å²) in [5.41, 5.74) is 30.5. The molecule has 0 saturated heterocycles. The van der Waals surface area contributed by atoms with E-state index in [0.717, 1.165) is 25.7 Å². The number of rotatable bonds is 36. The van der Waals surface area contributed by atoms with Crippen LogP contribution in [0.4, 0.5) is 34.1 Å². The van der Waals surface area contributed by atoms with E-state index in [-0.39, 0.29) is 43.3 Å². The van der Waals surface area contributed by atoms with Gasteiger partial charge in [-0.25, -0.2) is 0 Å². The molecule has 0 N–H and O–H groups in total. The van der Waals surface area contributed by atoms with Crippen molar-refractivity contribution < 1.29 is 0 Å². The maximum absolute atomic E-state index is 2.88. The summed E-state index contributed by atoms with van der Waals surface area (Å²) >= 11 is 0. The average Bonchev–Trinajstić information content (AvgIpc) is 1.56. The van der Waals surface area contributed by atoms with E-state index in [1.54, 1.807) is 22.3 Å². The fourth-order valence-corrected chi connectivity index (χ4v) is 21.2. The predicted octanol–water partition coefficient (Wildman–Crippen LogP) is 32.7. The molecule has 0 fully saturated rings. The van der Waals surface area contributed by atoms with Crippen molar-refractivity contribution in [1.82, 2.24) is 0 Å². The minimum absolute atomic E-state index is 0.0124. The van der Waals surface area contributed by atoms with Gasteiger partial charge in [-0.05, 0) is 209 Å². The highest BCUT2D eigenvalue weighted by Gasteiger charge is 2.58. The number of fused-ring (bicyclic) bond motifs is 8. The van der Waals surface area contributed by atoms with E-state index in [1.807, 2.05) is 0 Å². The monoisotopic (exact) mass is 1440 g/mol. The van der Waals surface area contributed by atoms with Gasteiger partial charge in [0.1, 0.15) is 0 Å². The predicted molar refractivity (Wildman–Crippen MR) is 471 cm³/mol. The van der Waals surface area contributed by atoms with Crippen molar-refractivity contribution in [3.8, 4) is 44.5 Å². The Morgan fingerprint density at radius 2 is 0.500 bits per heavy atom. The standard InChI is InChI=1S/C106H136N2/c1-17-21-25-29-33-47-67-105(68-48-34-30-26-22-18-2)91-73-81(107(79-51-39-37-40-52-79)97-57-45-43-55-83(97)77-59-65-89-95(71-77)101(9,10)103(13,14)99(89,5)6)61-63-85(91)87-76-94-88(75-93(87)105)86-64-62-82(74-92(86)106(94,69-49-35-31-27-23-19-3)70-50-36-32-28-24-20-4)108(80-53-41-38-42-54-80)98-58-46-44-56-84(98)78-60-66-90-96(72-78)102(11,12)104(15,16)100(90,7)8/h37-46,51-66,71-76H,17-36,47-50,67-70H2,1-16H3. The smallest absolute Gasteiger partial charge is 0.0540 e. The second-order valence-electron chi connectivity index (χ2n) is 37.3. The summed E-state index contributed by atoms with van der Waals surface area (Å²) in [5.74, 6) is 0. The van der Waals surface area contributed by atoms with Crippen LogP contribution in [-0.4, -0.2) is 0 Å². The molecule has 13 rings (SSSR count). The normalized spacial score (nSPS) is 17.0. The van der Waals surface area contributed by atoms with Gasteiger partial charge in [0.15, 0.2) is 0 Å². The first-order valence-corrected chi connectivity index (χ1v) is 43.7. The number of nitrogens with zero attached hydrogens (tertiary/aromatic N) is 2. The SMILES string of the molecule is CCCCCCCCC1(CCCCCCCC)c2cc(N(c3ccccc3)c3ccccc3-c3ccc4c(c3)C(C)(C)C(C)(C)C4(C)C)ccc2-c2cc3c(cc21)-c1ccc(N(c2ccccc2)c2ccccc2-c2ccc4c(c2)C(C)(C)C(C)(C)C4(C)C)cc1C3(CCCCCCCC)CCCCCCCC. The van der Waals surface area contributed by atoms with Crippen molar-refractivity contribution in [2.24, 2.45) is 10.8 Å². The van der Waals surface area contributed by atoms with E-state index in [1.165, 1.54) is 255 Å². The van der Waals surface area contributed by atoms with Crippen molar-refractivity contribution >= 4 is 34.1 Å². The molecule has 9 aromatic carbocycles. The minimum atomic E-state index is -0.172.